The zero-order valence-electron chi connectivity index (χ0n) is 18.2. The van der Waals surface area contributed by atoms with Gasteiger partial charge in [-0.2, -0.15) is 0 Å². The molecular weight excluding hydrogens is 378 g/mol. The minimum atomic E-state index is 0.473. The molecule has 1 unspecified atom stereocenters. The summed E-state index contributed by atoms with van der Waals surface area (Å²) in [7, 11) is 0. The molecule has 0 saturated carbocycles. The Morgan fingerprint density at radius 3 is 2.72 bits per heavy atom. The zero-order chi connectivity index (χ0) is 20.0. The molecule has 5 nitrogen and oxygen atoms in total. The summed E-state index contributed by atoms with van der Waals surface area (Å²) in [6, 6.07) is 3.07. The van der Waals surface area contributed by atoms with Gasteiger partial charge in [-0.3, -0.25) is 4.90 Å². The SMILES string of the molecule is CCc1cc2c(N3CCC4(C3)CN(C(C(C)C)C3CCNCC3)C4)ncnc2s1. The number of nitrogens with zero attached hydrogens (tertiary/aromatic N) is 4. The molecule has 3 fully saturated rings. The molecule has 1 N–H and O–H groups in total. The highest BCUT2D eigenvalue weighted by atomic mass is 32.1. The molecule has 0 bridgehead atoms. The van der Waals surface area contributed by atoms with Crippen LogP contribution in [0, 0.1) is 17.3 Å². The zero-order valence-corrected chi connectivity index (χ0v) is 19.0. The maximum absolute atomic E-state index is 4.72. The molecule has 6 heteroatoms. The van der Waals surface area contributed by atoms with Gasteiger partial charge in [0.1, 0.15) is 17.0 Å². The third-order valence-corrected chi connectivity index (χ3v) is 8.68. The van der Waals surface area contributed by atoms with Crippen molar-refractivity contribution in [3.8, 4) is 0 Å². The summed E-state index contributed by atoms with van der Waals surface area (Å²) in [4.78, 5) is 17.2. The summed E-state index contributed by atoms with van der Waals surface area (Å²) < 4.78 is 0. The summed E-state index contributed by atoms with van der Waals surface area (Å²) in [5.41, 5.74) is 0.473. The molecule has 5 rings (SSSR count). The number of piperidine rings is 1. The van der Waals surface area contributed by atoms with Crippen molar-refractivity contribution in [2.24, 2.45) is 17.3 Å². The average Bonchev–Trinajstić information content (AvgIpc) is 3.32. The van der Waals surface area contributed by atoms with Gasteiger partial charge in [0.25, 0.3) is 0 Å². The van der Waals surface area contributed by atoms with Crippen molar-refractivity contribution in [3.63, 3.8) is 0 Å². The normalized spacial score (nSPS) is 23.9. The van der Waals surface area contributed by atoms with Crippen LogP contribution in [0.15, 0.2) is 12.4 Å². The molecule has 0 radical (unpaired) electrons. The Morgan fingerprint density at radius 2 is 2.00 bits per heavy atom. The topological polar surface area (TPSA) is 44.3 Å². The lowest BCUT2D eigenvalue weighted by Gasteiger charge is -2.55. The number of aromatic nitrogens is 2. The summed E-state index contributed by atoms with van der Waals surface area (Å²) in [5, 5.41) is 4.80. The van der Waals surface area contributed by atoms with Crippen molar-refractivity contribution in [2.75, 3.05) is 44.2 Å². The number of aryl methyl sites for hydroxylation is 1. The molecule has 3 aliphatic rings. The summed E-state index contributed by atoms with van der Waals surface area (Å²) in [6.45, 7) is 14.3. The number of likely N-dealkylation sites (tertiary alicyclic amines) is 1. The van der Waals surface area contributed by atoms with E-state index in [1.165, 1.54) is 61.5 Å². The largest absolute Gasteiger partial charge is 0.355 e. The van der Waals surface area contributed by atoms with E-state index in [9.17, 15) is 0 Å². The first-order valence-corrected chi connectivity index (χ1v) is 12.3. The molecule has 0 aliphatic carbocycles. The Bertz CT molecular complexity index is 850. The second-order valence-electron chi connectivity index (χ2n) is 9.88. The number of hydrogen-bond donors (Lipinski definition) is 1. The van der Waals surface area contributed by atoms with E-state index in [0.29, 0.717) is 5.41 Å². The van der Waals surface area contributed by atoms with Gasteiger partial charge in [-0.15, -0.1) is 11.3 Å². The Morgan fingerprint density at radius 1 is 1.21 bits per heavy atom. The lowest BCUT2D eigenvalue weighted by molar-refractivity contribution is -0.0554. The highest BCUT2D eigenvalue weighted by Crippen LogP contribution is 2.45. The molecular formula is C23H35N5S. The molecule has 5 heterocycles. The molecule has 2 aromatic rings. The maximum Gasteiger partial charge on any atom is 0.140 e. The number of nitrogens with one attached hydrogen (secondary N) is 1. The first kappa shape index (κ1) is 19.7. The van der Waals surface area contributed by atoms with Crippen LogP contribution in [0.2, 0.25) is 0 Å². The minimum Gasteiger partial charge on any atom is -0.355 e. The van der Waals surface area contributed by atoms with E-state index >= 15 is 0 Å². The van der Waals surface area contributed by atoms with Crippen LogP contribution < -0.4 is 10.2 Å². The van der Waals surface area contributed by atoms with Crippen LogP contribution in [0.4, 0.5) is 5.82 Å². The maximum atomic E-state index is 4.72. The summed E-state index contributed by atoms with van der Waals surface area (Å²) in [6.07, 6.45) is 6.83. The molecule has 158 valence electrons. The Balaban J connectivity index is 1.29. The highest BCUT2D eigenvalue weighted by Gasteiger charge is 2.51. The van der Waals surface area contributed by atoms with Crippen molar-refractivity contribution in [1.82, 2.24) is 20.2 Å². The average molecular weight is 414 g/mol. The molecule has 0 amide bonds. The van der Waals surface area contributed by atoms with E-state index in [4.69, 9.17) is 4.98 Å². The van der Waals surface area contributed by atoms with Gasteiger partial charge in [-0.1, -0.05) is 20.8 Å². The molecule has 3 aliphatic heterocycles. The molecule has 1 spiro atoms. The van der Waals surface area contributed by atoms with Crippen LogP contribution in [0.25, 0.3) is 10.2 Å². The number of fused-ring (bicyclic) bond motifs is 1. The summed E-state index contributed by atoms with van der Waals surface area (Å²) in [5.74, 6) is 2.78. The predicted octanol–water partition coefficient (Wildman–Crippen LogP) is 3.79. The van der Waals surface area contributed by atoms with E-state index < -0.39 is 0 Å². The van der Waals surface area contributed by atoms with E-state index in [1.54, 1.807) is 6.33 Å². The molecule has 3 saturated heterocycles. The fraction of sp³-hybridized carbons (Fsp3) is 0.739. The standard InChI is InChI=1S/C23H35N5S/c1-4-18-11-19-21(25-15-26-22(19)29-18)27-10-7-23(12-27)13-28(14-23)20(16(2)3)17-5-8-24-9-6-17/h11,15-17,20,24H,4-10,12-14H2,1-3H3. The van der Waals surface area contributed by atoms with Gasteiger partial charge in [0.05, 0.1) is 5.39 Å². The highest BCUT2D eigenvalue weighted by molar-refractivity contribution is 7.18. The van der Waals surface area contributed by atoms with E-state index in [-0.39, 0.29) is 0 Å². The molecule has 1 atom stereocenters. The number of hydrogen-bond acceptors (Lipinski definition) is 6. The van der Waals surface area contributed by atoms with Gasteiger partial charge >= 0.3 is 0 Å². The van der Waals surface area contributed by atoms with Crippen molar-refractivity contribution in [1.29, 1.82) is 0 Å². The van der Waals surface area contributed by atoms with E-state index in [1.807, 2.05) is 11.3 Å². The van der Waals surface area contributed by atoms with Crippen molar-refractivity contribution in [2.45, 2.75) is 52.5 Å². The molecule has 2 aromatic heterocycles. The molecule has 0 aromatic carbocycles. The Labute approximate surface area is 178 Å². The fourth-order valence-electron chi connectivity index (χ4n) is 6.17. The van der Waals surface area contributed by atoms with Crippen LogP contribution >= 0.6 is 11.3 Å². The quantitative estimate of drug-likeness (QED) is 0.808. The van der Waals surface area contributed by atoms with Gasteiger partial charge in [0.15, 0.2) is 0 Å². The second kappa shape index (κ2) is 7.78. The molecule has 29 heavy (non-hydrogen) atoms. The van der Waals surface area contributed by atoms with Gasteiger partial charge in [0.2, 0.25) is 0 Å². The van der Waals surface area contributed by atoms with Crippen molar-refractivity contribution < 1.29 is 0 Å². The second-order valence-corrected chi connectivity index (χ2v) is 11.0. The van der Waals surface area contributed by atoms with Crippen LogP contribution in [-0.4, -0.2) is 60.2 Å². The van der Waals surface area contributed by atoms with Gasteiger partial charge in [0, 0.05) is 42.5 Å². The van der Waals surface area contributed by atoms with Gasteiger partial charge < -0.3 is 10.2 Å². The van der Waals surface area contributed by atoms with Crippen LogP contribution in [-0.2, 0) is 6.42 Å². The van der Waals surface area contributed by atoms with Crippen LogP contribution in [0.1, 0.15) is 44.9 Å². The Kier molecular flexibility index (Phi) is 5.29. The van der Waals surface area contributed by atoms with Gasteiger partial charge in [-0.05, 0) is 56.7 Å². The van der Waals surface area contributed by atoms with Crippen LogP contribution in [0.5, 0.6) is 0 Å². The first-order chi connectivity index (χ1) is 14.1. The first-order valence-electron chi connectivity index (χ1n) is 11.5. The lowest BCUT2D eigenvalue weighted by Crippen LogP contribution is -2.64. The van der Waals surface area contributed by atoms with E-state index in [2.05, 4.69) is 46.9 Å². The van der Waals surface area contributed by atoms with Gasteiger partial charge in [-0.25, -0.2) is 9.97 Å². The third-order valence-electron chi connectivity index (χ3n) is 7.49. The number of anilines is 1. The Hall–Kier alpha value is -1.24. The summed E-state index contributed by atoms with van der Waals surface area (Å²) >= 11 is 1.82. The third kappa shape index (κ3) is 3.57. The predicted molar refractivity (Wildman–Crippen MR) is 122 cm³/mol. The number of rotatable bonds is 5. The van der Waals surface area contributed by atoms with Crippen molar-refractivity contribution >= 4 is 27.4 Å². The fourth-order valence-corrected chi connectivity index (χ4v) is 7.10. The van der Waals surface area contributed by atoms with Crippen LogP contribution in [0.3, 0.4) is 0 Å². The van der Waals surface area contributed by atoms with E-state index in [0.717, 1.165) is 42.2 Å². The number of thiophene rings is 1. The lowest BCUT2D eigenvalue weighted by atomic mass is 9.73. The smallest absolute Gasteiger partial charge is 0.140 e. The minimum absolute atomic E-state index is 0.473. The van der Waals surface area contributed by atoms with Crippen molar-refractivity contribution in [3.05, 3.63) is 17.3 Å². The monoisotopic (exact) mass is 413 g/mol.